The highest BCUT2D eigenvalue weighted by molar-refractivity contribution is 5.96. The second-order valence-corrected chi connectivity index (χ2v) is 3.96. The summed E-state index contributed by atoms with van der Waals surface area (Å²) < 4.78 is 9.56. The van der Waals surface area contributed by atoms with Gasteiger partial charge in [0.05, 0.1) is 25.9 Å². The number of esters is 1. The van der Waals surface area contributed by atoms with E-state index in [4.69, 9.17) is 20.3 Å². The lowest BCUT2D eigenvalue weighted by atomic mass is 10.0. The molecule has 0 bridgehead atoms. The van der Waals surface area contributed by atoms with Crippen molar-refractivity contribution >= 4 is 12.1 Å². The lowest BCUT2D eigenvalue weighted by Gasteiger charge is -2.08. The number of amides is 1. The summed E-state index contributed by atoms with van der Waals surface area (Å²) in [5.41, 5.74) is 3.83. The first kappa shape index (κ1) is 15.2. The normalized spacial score (nSPS) is 26.3. The molecule has 1 saturated heterocycles. The predicted molar refractivity (Wildman–Crippen MR) is 62.7 cm³/mol. The van der Waals surface area contributed by atoms with Crippen LogP contribution in [-0.2, 0) is 14.3 Å². The van der Waals surface area contributed by atoms with Gasteiger partial charge in [-0.05, 0) is 13.8 Å². The van der Waals surface area contributed by atoms with E-state index in [1.807, 2.05) is 0 Å². The molecule has 0 spiro atoms. The number of hydrogen-bond acceptors (Lipinski definition) is 7. The van der Waals surface area contributed by atoms with E-state index < -0.39 is 36.3 Å². The number of rotatable bonds is 5. The molecule has 0 aromatic heterocycles. The van der Waals surface area contributed by atoms with E-state index in [1.165, 1.54) is 0 Å². The van der Waals surface area contributed by atoms with Crippen molar-refractivity contribution in [2.45, 2.75) is 31.5 Å². The number of ether oxygens (including phenoxy) is 2. The van der Waals surface area contributed by atoms with E-state index in [2.05, 4.69) is 0 Å². The fourth-order valence-electron chi connectivity index (χ4n) is 1.99. The molecule has 1 fully saturated rings. The first-order valence-corrected chi connectivity index (χ1v) is 5.92. The Labute approximate surface area is 110 Å². The quantitative estimate of drug-likeness (QED) is 0.483. The molecule has 0 radical (unpaired) electrons. The van der Waals surface area contributed by atoms with Crippen LogP contribution in [0.2, 0.25) is 0 Å². The molecule has 1 rings (SSSR count). The topological polar surface area (TPSA) is 126 Å². The Balaban J connectivity index is 3.03. The van der Waals surface area contributed by atoms with Crippen LogP contribution in [0.1, 0.15) is 13.8 Å². The molecule has 8 nitrogen and oxygen atoms in total. The van der Waals surface area contributed by atoms with Gasteiger partial charge in [0.2, 0.25) is 0 Å². The molecule has 3 atom stereocenters. The average molecular weight is 271 g/mol. The molecule has 1 amide bonds. The van der Waals surface area contributed by atoms with Gasteiger partial charge in [0.15, 0.2) is 0 Å². The maximum atomic E-state index is 11.9. The highest BCUT2D eigenvalue weighted by Crippen LogP contribution is 2.44. The Morgan fingerprint density at radius 2 is 2.05 bits per heavy atom. The van der Waals surface area contributed by atoms with Gasteiger partial charge in [-0.25, -0.2) is 9.59 Å². The molecule has 0 aliphatic carbocycles. The zero-order valence-electron chi connectivity index (χ0n) is 10.8. The summed E-state index contributed by atoms with van der Waals surface area (Å²) in [5, 5.41) is 18.3. The van der Waals surface area contributed by atoms with Crippen molar-refractivity contribution in [3.63, 3.8) is 0 Å². The zero-order chi connectivity index (χ0) is 14.6. The van der Waals surface area contributed by atoms with Crippen molar-refractivity contribution in [1.82, 2.24) is 4.90 Å². The number of nitrogens with zero attached hydrogens (tertiary/aromatic N) is 2. The van der Waals surface area contributed by atoms with E-state index in [1.54, 1.807) is 19.9 Å². The van der Waals surface area contributed by atoms with Crippen LogP contribution in [-0.4, -0.2) is 59.5 Å². The number of nitrogens with two attached hydrogens (primary N) is 1. The van der Waals surface area contributed by atoms with Crippen molar-refractivity contribution in [2.75, 3.05) is 19.8 Å². The van der Waals surface area contributed by atoms with Gasteiger partial charge in [-0.1, -0.05) is 0 Å². The first-order chi connectivity index (χ1) is 9.00. The van der Waals surface area contributed by atoms with Crippen molar-refractivity contribution in [1.29, 1.82) is 5.26 Å². The van der Waals surface area contributed by atoms with Gasteiger partial charge in [-0.3, -0.25) is 4.90 Å². The molecule has 1 aliphatic rings. The smallest absolute Gasteiger partial charge is 0.412 e. The van der Waals surface area contributed by atoms with E-state index in [0.717, 1.165) is 4.90 Å². The summed E-state index contributed by atoms with van der Waals surface area (Å²) >= 11 is 0. The zero-order valence-corrected chi connectivity index (χ0v) is 10.8. The maximum Gasteiger partial charge on any atom is 0.412 e. The predicted octanol–water partition coefficient (Wildman–Crippen LogP) is -1.03. The minimum atomic E-state index is -1.80. The molecular formula is C11H17N3O5. The summed E-state index contributed by atoms with van der Waals surface area (Å²) in [6, 6.07) is -0.115. The SMILES string of the molecule is CCOC(=O)N1[C@H]([C@@H](N)CO)[C@@]1(C#N)C(=O)OCC. The summed E-state index contributed by atoms with van der Waals surface area (Å²) in [5.74, 6) is -0.862. The Morgan fingerprint density at radius 1 is 1.47 bits per heavy atom. The van der Waals surface area contributed by atoms with Crippen LogP contribution >= 0.6 is 0 Å². The lowest BCUT2D eigenvalue weighted by molar-refractivity contribution is -0.145. The molecular weight excluding hydrogens is 254 g/mol. The van der Waals surface area contributed by atoms with Gasteiger partial charge in [0, 0.05) is 0 Å². The van der Waals surface area contributed by atoms with Crippen LogP contribution < -0.4 is 5.73 Å². The van der Waals surface area contributed by atoms with Gasteiger partial charge in [0.25, 0.3) is 5.54 Å². The molecule has 0 aromatic rings. The van der Waals surface area contributed by atoms with Gasteiger partial charge < -0.3 is 20.3 Å². The van der Waals surface area contributed by atoms with Crippen LogP contribution in [0, 0.1) is 11.3 Å². The Morgan fingerprint density at radius 3 is 2.47 bits per heavy atom. The Bertz CT molecular complexity index is 408. The number of hydrogen-bond donors (Lipinski definition) is 2. The van der Waals surface area contributed by atoms with Crippen LogP contribution in [0.5, 0.6) is 0 Å². The summed E-state index contributed by atoms with van der Waals surface area (Å²) in [6.07, 6.45) is -0.828. The van der Waals surface area contributed by atoms with Crippen LogP contribution in [0.4, 0.5) is 4.79 Å². The fraction of sp³-hybridized carbons (Fsp3) is 0.727. The first-order valence-electron chi connectivity index (χ1n) is 5.92. The highest BCUT2D eigenvalue weighted by Gasteiger charge is 2.75. The van der Waals surface area contributed by atoms with Crippen LogP contribution in [0.15, 0.2) is 0 Å². The van der Waals surface area contributed by atoms with Gasteiger partial charge >= 0.3 is 12.1 Å². The second-order valence-electron chi connectivity index (χ2n) is 3.96. The standard InChI is InChI=1S/C11H17N3O5/c1-3-18-9(16)11(6-12)8(7(13)5-15)14(11)10(17)19-4-2/h7-8,15H,3-5,13H2,1-2H3/t7-,8+,11-,14?/m0/s1. The number of aliphatic hydroxyl groups is 1. The minimum Gasteiger partial charge on any atom is -0.463 e. The maximum absolute atomic E-state index is 11.9. The lowest BCUT2D eigenvalue weighted by Crippen LogP contribution is -2.39. The van der Waals surface area contributed by atoms with Gasteiger partial charge in [0.1, 0.15) is 12.1 Å². The largest absolute Gasteiger partial charge is 0.463 e. The third kappa shape index (κ3) is 2.34. The van der Waals surface area contributed by atoms with Crippen molar-refractivity contribution < 1.29 is 24.2 Å². The molecule has 3 N–H and O–H groups in total. The van der Waals surface area contributed by atoms with E-state index in [-0.39, 0.29) is 13.2 Å². The van der Waals surface area contributed by atoms with Gasteiger partial charge in [-0.2, -0.15) is 5.26 Å². The fourth-order valence-corrected chi connectivity index (χ4v) is 1.99. The third-order valence-electron chi connectivity index (χ3n) is 2.86. The Hall–Kier alpha value is -1.85. The second kappa shape index (κ2) is 5.86. The highest BCUT2D eigenvalue weighted by atomic mass is 16.6. The number of carbonyl (C=O) groups is 2. The monoisotopic (exact) mass is 271 g/mol. The van der Waals surface area contributed by atoms with Crippen molar-refractivity contribution in [2.24, 2.45) is 5.73 Å². The molecule has 1 aliphatic heterocycles. The third-order valence-corrected chi connectivity index (χ3v) is 2.86. The molecule has 19 heavy (non-hydrogen) atoms. The number of carbonyl (C=O) groups excluding carboxylic acids is 2. The van der Waals surface area contributed by atoms with Crippen LogP contribution in [0.25, 0.3) is 0 Å². The molecule has 1 heterocycles. The number of aliphatic hydroxyl groups excluding tert-OH is 1. The molecule has 8 heteroatoms. The van der Waals surface area contributed by atoms with E-state index >= 15 is 0 Å². The Kier molecular flexibility index (Phi) is 4.69. The number of nitriles is 1. The van der Waals surface area contributed by atoms with Crippen molar-refractivity contribution in [3.05, 3.63) is 0 Å². The summed E-state index contributed by atoms with van der Waals surface area (Å²) in [6.45, 7) is 2.88. The van der Waals surface area contributed by atoms with E-state index in [0.29, 0.717) is 0 Å². The average Bonchev–Trinajstić information content (AvgIpc) is 3.09. The molecule has 0 aromatic carbocycles. The molecule has 106 valence electrons. The summed E-state index contributed by atoms with van der Waals surface area (Å²) in [7, 11) is 0. The van der Waals surface area contributed by atoms with Crippen molar-refractivity contribution in [3.8, 4) is 6.07 Å². The van der Waals surface area contributed by atoms with Crippen LogP contribution in [0.3, 0.4) is 0 Å². The molecule has 0 saturated carbocycles. The summed E-state index contributed by atoms with van der Waals surface area (Å²) in [4.78, 5) is 24.5. The molecule has 0 unspecified atom stereocenters. The minimum absolute atomic E-state index is 0.0695. The van der Waals surface area contributed by atoms with E-state index in [9.17, 15) is 14.9 Å². The van der Waals surface area contributed by atoms with Gasteiger partial charge in [-0.15, -0.1) is 0 Å².